The number of hydrogen-bond donors (Lipinski definition) is 0. The Kier molecular flexibility index (Phi) is 4.39. The molecule has 1 atom stereocenters. The van der Waals surface area contributed by atoms with Crippen molar-refractivity contribution in [1.29, 1.82) is 0 Å². The zero-order valence-corrected chi connectivity index (χ0v) is 13.5. The van der Waals surface area contributed by atoms with Crippen molar-refractivity contribution in [3.63, 3.8) is 0 Å². The molecule has 0 saturated carbocycles. The van der Waals surface area contributed by atoms with Crippen molar-refractivity contribution in [1.82, 2.24) is 0 Å². The van der Waals surface area contributed by atoms with Crippen LogP contribution in [0.15, 0.2) is 30.3 Å². The van der Waals surface area contributed by atoms with Gasteiger partial charge in [0, 0.05) is 0 Å². The Balaban J connectivity index is 2.45. The van der Waals surface area contributed by atoms with E-state index in [2.05, 4.69) is 58.0 Å². The highest BCUT2D eigenvalue weighted by atomic mass is 35.5. The molecule has 0 bridgehead atoms. The van der Waals surface area contributed by atoms with E-state index in [-0.39, 0.29) is 5.38 Å². The van der Waals surface area contributed by atoms with Crippen LogP contribution in [-0.4, -0.2) is 7.11 Å². The van der Waals surface area contributed by atoms with Crippen molar-refractivity contribution in [3.8, 4) is 5.75 Å². The molecule has 0 amide bonds. The van der Waals surface area contributed by atoms with Crippen LogP contribution >= 0.6 is 11.6 Å². The molecule has 0 aliphatic heterocycles. The first-order valence-electron chi connectivity index (χ1n) is 6.80. The number of benzene rings is 2. The van der Waals surface area contributed by atoms with E-state index in [0.717, 1.165) is 22.4 Å². The van der Waals surface area contributed by atoms with Crippen molar-refractivity contribution in [2.45, 2.75) is 33.1 Å². The van der Waals surface area contributed by atoms with Crippen LogP contribution in [0.5, 0.6) is 5.75 Å². The molecule has 0 aliphatic rings. The van der Waals surface area contributed by atoms with Gasteiger partial charge in [-0.25, -0.2) is 0 Å². The first-order chi connectivity index (χ1) is 9.43. The Bertz CT molecular complexity index is 608. The van der Waals surface area contributed by atoms with Gasteiger partial charge in [0.25, 0.3) is 0 Å². The molecular formula is C18H21ClO. The highest BCUT2D eigenvalue weighted by Gasteiger charge is 2.16. The summed E-state index contributed by atoms with van der Waals surface area (Å²) >= 11 is 6.69. The lowest BCUT2D eigenvalue weighted by Gasteiger charge is -2.17. The minimum atomic E-state index is -0.126. The summed E-state index contributed by atoms with van der Waals surface area (Å²) in [7, 11) is 1.71. The summed E-state index contributed by atoms with van der Waals surface area (Å²) in [6.07, 6.45) is 0. The predicted octanol–water partition coefficient (Wildman–Crippen LogP) is 5.26. The number of ether oxygens (including phenoxy) is 1. The van der Waals surface area contributed by atoms with E-state index < -0.39 is 0 Å². The van der Waals surface area contributed by atoms with Gasteiger partial charge >= 0.3 is 0 Å². The van der Waals surface area contributed by atoms with Crippen molar-refractivity contribution in [2.75, 3.05) is 7.11 Å². The Morgan fingerprint density at radius 3 is 2.00 bits per heavy atom. The van der Waals surface area contributed by atoms with Crippen LogP contribution in [0.25, 0.3) is 0 Å². The van der Waals surface area contributed by atoms with E-state index in [0.29, 0.717) is 0 Å². The topological polar surface area (TPSA) is 9.23 Å². The van der Waals surface area contributed by atoms with Crippen LogP contribution in [-0.2, 0) is 0 Å². The van der Waals surface area contributed by atoms with E-state index in [4.69, 9.17) is 16.3 Å². The molecule has 0 fully saturated rings. The summed E-state index contributed by atoms with van der Waals surface area (Å²) in [4.78, 5) is 0. The molecule has 0 spiro atoms. The van der Waals surface area contributed by atoms with Gasteiger partial charge in [0.1, 0.15) is 5.75 Å². The van der Waals surface area contributed by atoms with Crippen LogP contribution in [0, 0.1) is 27.7 Å². The van der Waals surface area contributed by atoms with Crippen molar-refractivity contribution < 1.29 is 4.74 Å². The number of aryl methyl sites for hydroxylation is 4. The minimum absolute atomic E-state index is 0.126. The molecule has 20 heavy (non-hydrogen) atoms. The maximum absolute atomic E-state index is 6.69. The molecule has 0 aliphatic carbocycles. The van der Waals surface area contributed by atoms with Gasteiger partial charge in [0.15, 0.2) is 0 Å². The molecule has 2 aromatic rings. The highest BCUT2D eigenvalue weighted by Crippen LogP contribution is 2.35. The van der Waals surface area contributed by atoms with Crippen molar-refractivity contribution in [3.05, 3.63) is 63.7 Å². The number of rotatable bonds is 3. The molecule has 2 heteroatoms. The van der Waals surface area contributed by atoms with Gasteiger partial charge in [0.05, 0.1) is 12.5 Å². The number of alkyl halides is 1. The molecule has 0 heterocycles. The molecule has 0 N–H and O–H groups in total. The smallest absolute Gasteiger partial charge is 0.124 e. The number of halogens is 1. The van der Waals surface area contributed by atoms with Gasteiger partial charge in [-0.3, -0.25) is 0 Å². The lowest BCUT2D eigenvalue weighted by Crippen LogP contribution is -2.00. The molecule has 2 rings (SSSR count). The Hall–Kier alpha value is -1.47. The van der Waals surface area contributed by atoms with Crippen molar-refractivity contribution >= 4 is 11.6 Å². The normalized spacial score (nSPS) is 12.3. The summed E-state index contributed by atoms with van der Waals surface area (Å²) < 4.78 is 5.41. The highest BCUT2D eigenvalue weighted by molar-refractivity contribution is 6.22. The third kappa shape index (κ3) is 2.83. The maximum atomic E-state index is 6.69. The van der Waals surface area contributed by atoms with E-state index in [1.165, 1.54) is 16.7 Å². The largest absolute Gasteiger partial charge is 0.496 e. The Labute approximate surface area is 126 Å². The summed E-state index contributed by atoms with van der Waals surface area (Å²) in [6, 6.07) is 10.6. The molecule has 0 saturated heterocycles. The molecule has 2 aromatic carbocycles. The number of hydrogen-bond acceptors (Lipinski definition) is 1. The first kappa shape index (κ1) is 14.9. The third-order valence-electron chi connectivity index (χ3n) is 3.68. The maximum Gasteiger partial charge on any atom is 0.124 e. The van der Waals surface area contributed by atoms with Crippen LogP contribution in [0.3, 0.4) is 0 Å². The molecule has 0 radical (unpaired) electrons. The summed E-state index contributed by atoms with van der Waals surface area (Å²) in [6.45, 7) is 8.32. The molecule has 106 valence electrons. The van der Waals surface area contributed by atoms with E-state index in [1.54, 1.807) is 7.11 Å². The zero-order chi connectivity index (χ0) is 14.9. The van der Waals surface area contributed by atoms with Gasteiger partial charge in [-0.1, -0.05) is 35.9 Å². The molecule has 0 aromatic heterocycles. The Morgan fingerprint density at radius 1 is 0.900 bits per heavy atom. The summed E-state index contributed by atoms with van der Waals surface area (Å²) in [5.74, 6) is 0.943. The van der Waals surface area contributed by atoms with Crippen LogP contribution < -0.4 is 4.74 Å². The first-order valence-corrected chi connectivity index (χ1v) is 7.24. The van der Waals surface area contributed by atoms with Gasteiger partial charge in [-0.15, -0.1) is 11.6 Å². The van der Waals surface area contributed by atoms with Gasteiger partial charge in [0.2, 0.25) is 0 Å². The lowest BCUT2D eigenvalue weighted by atomic mass is 9.96. The Morgan fingerprint density at radius 2 is 1.50 bits per heavy atom. The van der Waals surface area contributed by atoms with E-state index >= 15 is 0 Å². The second-order valence-corrected chi connectivity index (χ2v) is 5.85. The van der Waals surface area contributed by atoms with Gasteiger partial charge < -0.3 is 4.74 Å². The average Bonchev–Trinajstić information content (AvgIpc) is 2.37. The molecular weight excluding hydrogens is 268 g/mol. The van der Waals surface area contributed by atoms with E-state index in [1.807, 2.05) is 0 Å². The lowest BCUT2D eigenvalue weighted by molar-refractivity contribution is 0.408. The SMILES string of the molecule is COc1c(C)cc(C(Cl)c2ccc(C)cc2C)cc1C. The second kappa shape index (κ2) is 5.88. The van der Waals surface area contributed by atoms with Crippen molar-refractivity contribution in [2.24, 2.45) is 0 Å². The standard InChI is InChI=1S/C18H21ClO/c1-11-6-7-16(12(2)8-11)17(19)15-9-13(3)18(20-5)14(4)10-15/h6-10,17H,1-5H3. The van der Waals surface area contributed by atoms with Gasteiger partial charge in [-0.05, 0) is 55.5 Å². The van der Waals surface area contributed by atoms with Crippen LogP contribution in [0.4, 0.5) is 0 Å². The predicted molar refractivity (Wildman–Crippen MR) is 86.1 cm³/mol. The fourth-order valence-corrected chi connectivity index (χ4v) is 3.11. The van der Waals surface area contributed by atoms with E-state index in [9.17, 15) is 0 Å². The molecule has 1 unspecified atom stereocenters. The van der Waals surface area contributed by atoms with Crippen LogP contribution in [0.2, 0.25) is 0 Å². The fourth-order valence-electron chi connectivity index (χ4n) is 2.74. The number of methoxy groups -OCH3 is 1. The van der Waals surface area contributed by atoms with Gasteiger partial charge in [-0.2, -0.15) is 0 Å². The summed E-state index contributed by atoms with van der Waals surface area (Å²) in [5, 5.41) is -0.126. The van der Waals surface area contributed by atoms with Crippen LogP contribution in [0.1, 0.15) is 38.8 Å². The monoisotopic (exact) mass is 288 g/mol. The summed E-state index contributed by atoms with van der Waals surface area (Å²) in [5.41, 5.74) is 7.03. The molecule has 1 nitrogen and oxygen atoms in total. The quantitative estimate of drug-likeness (QED) is 0.700. The minimum Gasteiger partial charge on any atom is -0.496 e. The fraction of sp³-hybridized carbons (Fsp3) is 0.333. The third-order valence-corrected chi connectivity index (χ3v) is 4.16. The second-order valence-electron chi connectivity index (χ2n) is 5.41. The average molecular weight is 289 g/mol. The zero-order valence-electron chi connectivity index (χ0n) is 12.8.